The fourth-order valence-corrected chi connectivity index (χ4v) is 5.18. The number of carbonyl (C=O) groups is 1. The number of carbonyl (C=O) groups excluding carboxylic acids is 1. The Bertz CT molecular complexity index is 1340. The van der Waals surface area contributed by atoms with Crippen LogP contribution in [0.15, 0.2) is 65.4 Å². The van der Waals surface area contributed by atoms with Gasteiger partial charge < -0.3 is 4.98 Å². The third-order valence-corrected chi connectivity index (χ3v) is 7.24. The van der Waals surface area contributed by atoms with Gasteiger partial charge in [0.2, 0.25) is 0 Å². The molecule has 5 rings (SSSR count). The van der Waals surface area contributed by atoms with Crippen molar-refractivity contribution in [1.82, 2.24) is 25.6 Å². The molecule has 4 N–H and O–H groups in total. The summed E-state index contributed by atoms with van der Waals surface area (Å²) in [6, 6.07) is 15.1. The SMILES string of the molecule is O=C(C=Cc1ccc2c(c1)CCC2N(CCc1c[nH]c2ccccc12)Cc1[nH]ncc1Br)NO. The van der Waals surface area contributed by atoms with Gasteiger partial charge in [0.25, 0.3) is 5.91 Å². The van der Waals surface area contributed by atoms with E-state index in [0.717, 1.165) is 48.1 Å². The van der Waals surface area contributed by atoms with Crippen LogP contribution in [0.2, 0.25) is 0 Å². The van der Waals surface area contributed by atoms with Crippen molar-refractivity contribution in [3.05, 3.63) is 93.4 Å². The highest BCUT2D eigenvalue weighted by Crippen LogP contribution is 2.38. The van der Waals surface area contributed by atoms with Gasteiger partial charge in [-0.15, -0.1) is 0 Å². The van der Waals surface area contributed by atoms with Crippen LogP contribution >= 0.6 is 15.9 Å². The van der Waals surface area contributed by atoms with E-state index in [2.05, 4.69) is 78.6 Å². The number of para-hydroxylation sites is 1. The van der Waals surface area contributed by atoms with E-state index in [9.17, 15) is 4.79 Å². The highest BCUT2D eigenvalue weighted by Gasteiger charge is 2.29. The smallest absolute Gasteiger partial charge is 0.267 e. The highest BCUT2D eigenvalue weighted by molar-refractivity contribution is 9.10. The number of nitrogens with one attached hydrogen (secondary N) is 3. The summed E-state index contributed by atoms with van der Waals surface area (Å²) < 4.78 is 0.991. The number of aromatic amines is 2. The molecule has 0 radical (unpaired) electrons. The van der Waals surface area contributed by atoms with E-state index in [4.69, 9.17) is 5.21 Å². The summed E-state index contributed by atoms with van der Waals surface area (Å²) >= 11 is 3.62. The lowest BCUT2D eigenvalue weighted by Crippen LogP contribution is -2.29. The first-order chi connectivity index (χ1) is 16.6. The van der Waals surface area contributed by atoms with Crippen molar-refractivity contribution >= 4 is 38.8 Å². The molecule has 4 aromatic rings. The van der Waals surface area contributed by atoms with Crippen LogP contribution in [0, 0.1) is 0 Å². The molecule has 174 valence electrons. The van der Waals surface area contributed by atoms with Crippen molar-refractivity contribution in [2.75, 3.05) is 6.54 Å². The number of rotatable bonds is 8. The van der Waals surface area contributed by atoms with E-state index in [-0.39, 0.29) is 0 Å². The van der Waals surface area contributed by atoms with Crippen LogP contribution < -0.4 is 5.48 Å². The summed E-state index contributed by atoms with van der Waals surface area (Å²) in [7, 11) is 0. The average Bonchev–Trinajstić information content (AvgIpc) is 3.58. The van der Waals surface area contributed by atoms with Crippen molar-refractivity contribution in [3.63, 3.8) is 0 Å². The molecule has 0 saturated heterocycles. The molecule has 0 spiro atoms. The van der Waals surface area contributed by atoms with Crippen LogP contribution in [0.25, 0.3) is 17.0 Å². The molecule has 0 saturated carbocycles. The maximum absolute atomic E-state index is 11.3. The van der Waals surface area contributed by atoms with E-state index in [1.807, 2.05) is 6.07 Å². The Hall–Kier alpha value is -3.20. The van der Waals surface area contributed by atoms with Crippen molar-refractivity contribution in [3.8, 4) is 0 Å². The Labute approximate surface area is 206 Å². The van der Waals surface area contributed by atoms with Gasteiger partial charge in [-0.2, -0.15) is 5.10 Å². The maximum Gasteiger partial charge on any atom is 0.267 e. The number of nitrogens with zero attached hydrogens (tertiary/aromatic N) is 2. The summed E-state index contributed by atoms with van der Waals surface area (Å²) in [6.45, 7) is 1.68. The molecule has 1 aliphatic rings. The van der Waals surface area contributed by atoms with E-state index in [0.29, 0.717) is 6.04 Å². The van der Waals surface area contributed by atoms with Crippen LogP contribution in [0.1, 0.15) is 40.4 Å². The van der Waals surface area contributed by atoms with Gasteiger partial charge in [0.15, 0.2) is 0 Å². The van der Waals surface area contributed by atoms with E-state index < -0.39 is 5.91 Å². The van der Waals surface area contributed by atoms with Gasteiger partial charge in [-0.25, -0.2) is 5.48 Å². The second-order valence-corrected chi connectivity index (χ2v) is 9.45. The predicted molar refractivity (Wildman–Crippen MR) is 135 cm³/mol. The second-order valence-electron chi connectivity index (χ2n) is 8.60. The lowest BCUT2D eigenvalue weighted by Gasteiger charge is -2.29. The Morgan fingerprint density at radius 1 is 1.29 bits per heavy atom. The number of fused-ring (bicyclic) bond motifs is 2. The molecule has 0 fully saturated rings. The Kier molecular flexibility index (Phi) is 6.62. The molecule has 7 nitrogen and oxygen atoms in total. The summed E-state index contributed by atoms with van der Waals surface area (Å²) in [5, 5.41) is 17.3. The molecule has 2 aromatic carbocycles. The lowest BCUT2D eigenvalue weighted by atomic mass is 10.0. The highest BCUT2D eigenvalue weighted by atomic mass is 79.9. The van der Waals surface area contributed by atoms with Gasteiger partial charge in [-0.3, -0.25) is 20.0 Å². The molecule has 2 heterocycles. The Morgan fingerprint density at radius 3 is 3.00 bits per heavy atom. The van der Waals surface area contributed by atoms with Crippen molar-refractivity contribution in [1.29, 1.82) is 0 Å². The fraction of sp³-hybridized carbons (Fsp3) is 0.231. The Balaban J connectivity index is 1.39. The van der Waals surface area contributed by atoms with E-state index >= 15 is 0 Å². The standard InChI is InChI=1S/C26H26BrN5O2/c27-22-15-29-30-24(22)16-32(12-11-19-14-28-23-4-2-1-3-20(19)23)25-9-7-18-13-17(5-8-21(18)25)6-10-26(33)31-34/h1-6,8,10,13-15,25,28,34H,7,9,11-12,16H2,(H,29,30)(H,31,33). The van der Waals surface area contributed by atoms with Crippen LogP contribution in [0.4, 0.5) is 0 Å². The minimum atomic E-state index is -0.535. The molecular formula is C26H26BrN5O2. The zero-order chi connectivity index (χ0) is 23.5. The first-order valence-electron chi connectivity index (χ1n) is 11.3. The first-order valence-corrected chi connectivity index (χ1v) is 12.1. The lowest BCUT2D eigenvalue weighted by molar-refractivity contribution is -0.124. The molecule has 1 aliphatic carbocycles. The Morgan fingerprint density at radius 2 is 2.18 bits per heavy atom. The van der Waals surface area contributed by atoms with Crippen LogP contribution in [-0.4, -0.2) is 37.7 Å². The number of halogens is 1. The molecule has 1 unspecified atom stereocenters. The van der Waals surface area contributed by atoms with Crippen LogP contribution in [0.5, 0.6) is 0 Å². The summed E-state index contributed by atoms with van der Waals surface area (Å²) in [5.41, 5.74) is 8.77. The molecule has 1 amide bonds. The number of H-pyrrole nitrogens is 2. The monoisotopic (exact) mass is 519 g/mol. The number of benzene rings is 2. The molecule has 0 aliphatic heterocycles. The largest absolute Gasteiger partial charge is 0.361 e. The first kappa shape index (κ1) is 22.6. The maximum atomic E-state index is 11.3. The molecular weight excluding hydrogens is 494 g/mol. The van der Waals surface area contributed by atoms with Crippen LogP contribution in [0.3, 0.4) is 0 Å². The number of hydrogen-bond donors (Lipinski definition) is 4. The molecule has 0 bridgehead atoms. The number of hydroxylamine groups is 1. The number of amides is 1. The van der Waals surface area contributed by atoms with Crippen molar-refractivity contribution in [2.45, 2.75) is 31.8 Å². The fourth-order valence-electron chi connectivity index (χ4n) is 4.87. The second kappa shape index (κ2) is 9.97. The summed E-state index contributed by atoms with van der Waals surface area (Å²) in [6.07, 6.45) is 9.95. The number of aryl methyl sites for hydroxylation is 1. The van der Waals surface area contributed by atoms with Gasteiger partial charge in [0.05, 0.1) is 16.4 Å². The van der Waals surface area contributed by atoms with E-state index in [1.165, 1.54) is 33.7 Å². The van der Waals surface area contributed by atoms with E-state index in [1.54, 1.807) is 17.8 Å². The van der Waals surface area contributed by atoms with Gasteiger partial charge >= 0.3 is 0 Å². The van der Waals surface area contributed by atoms with Gasteiger partial charge in [-0.05, 0) is 69.6 Å². The topological polar surface area (TPSA) is 97.0 Å². The van der Waals surface area contributed by atoms with Gasteiger partial charge in [0, 0.05) is 42.3 Å². The number of aromatic nitrogens is 3. The normalized spacial score (nSPS) is 15.4. The minimum Gasteiger partial charge on any atom is -0.361 e. The molecule has 8 heteroatoms. The van der Waals surface area contributed by atoms with Crippen molar-refractivity contribution in [2.24, 2.45) is 0 Å². The van der Waals surface area contributed by atoms with Crippen molar-refractivity contribution < 1.29 is 10.0 Å². The third kappa shape index (κ3) is 4.70. The molecule has 34 heavy (non-hydrogen) atoms. The summed E-state index contributed by atoms with van der Waals surface area (Å²) in [5.74, 6) is -0.535. The third-order valence-electron chi connectivity index (χ3n) is 6.56. The molecule has 2 aromatic heterocycles. The van der Waals surface area contributed by atoms with Crippen LogP contribution in [-0.2, 0) is 24.2 Å². The van der Waals surface area contributed by atoms with Gasteiger partial charge in [-0.1, -0.05) is 36.4 Å². The zero-order valence-electron chi connectivity index (χ0n) is 18.6. The average molecular weight is 520 g/mol. The number of hydrogen-bond acceptors (Lipinski definition) is 4. The van der Waals surface area contributed by atoms with Gasteiger partial charge in [0.1, 0.15) is 0 Å². The minimum absolute atomic E-state index is 0.300. The summed E-state index contributed by atoms with van der Waals surface area (Å²) in [4.78, 5) is 17.2. The predicted octanol–water partition coefficient (Wildman–Crippen LogP) is 4.90. The quantitative estimate of drug-likeness (QED) is 0.151. The zero-order valence-corrected chi connectivity index (χ0v) is 20.2. The molecule has 1 atom stereocenters.